The molecule has 0 amide bonds. The summed E-state index contributed by atoms with van der Waals surface area (Å²) in [5.41, 5.74) is -4.04. The number of alkyl halides is 6. The molecule has 0 bridgehead atoms. The number of hydrogen-bond donors (Lipinski definition) is 0. The molecule has 96 valence electrons. The summed E-state index contributed by atoms with van der Waals surface area (Å²) in [6.07, 6.45) is -11.3. The Labute approximate surface area is 87.6 Å². The van der Waals surface area contributed by atoms with Crippen LogP contribution in [0, 0.1) is 5.41 Å². The van der Waals surface area contributed by atoms with Gasteiger partial charge in [0.05, 0.1) is 0 Å². The zero-order chi connectivity index (χ0) is 13.2. The van der Waals surface area contributed by atoms with Crippen molar-refractivity contribution in [3.8, 4) is 0 Å². The molecule has 0 aromatic rings. The topological polar surface area (TPSA) is 26.3 Å². The van der Waals surface area contributed by atoms with Crippen LogP contribution in [0.15, 0.2) is 0 Å². The minimum absolute atomic E-state index is 0.0457. The van der Waals surface area contributed by atoms with E-state index in [1.165, 1.54) is 6.92 Å². The number of halogens is 6. The lowest BCUT2D eigenvalue weighted by Crippen LogP contribution is -2.51. The Bertz CT molecular complexity index is 240. The van der Waals surface area contributed by atoms with Gasteiger partial charge < -0.3 is 4.74 Å². The molecule has 0 spiro atoms. The highest BCUT2D eigenvalue weighted by molar-refractivity contribution is 5.68. The number of carbonyl (C=O) groups excluding carboxylic acids is 1. The van der Waals surface area contributed by atoms with Crippen LogP contribution < -0.4 is 0 Å². The Morgan fingerprint density at radius 3 is 1.69 bits per heavy atom. The first-order valence-corrected chi connectivity index (χ1v) is 4.25. The number of ether oxygens (including phenoxy) is 1. The smallest absolute Gasteiger partial charge is 0.406 e. The third kappa shape index (κ3) is 3.02. The van der Waals surface area contributed by atoms with Crippen LogP contribution in [0.3, 0.4) is 0 Å². The van der Waals surface area contributed by atoms with Gasteiger partial charge in [0.15, 0.2) is 5.41 Å². The van der Waals surface area contributed by atoms with Crippen LogP contribution in [0.5, 0.6) is 0 Å². The Hall–Kier alpha value is -0.950. The number of rotatable bonds is 3. The van der Waals surface area contributed by atoms with Crippen LogP contribution >= 0.6 is 0 Å². The highest BCUT2D eigenvalue weighted by atomic mass is 19.4. The fourth-order valence-corrected chi connectivity index (χ4v) is 0.651. The molecule has 0 saturated carbocycles. The van der Waals surface area contributed by atoms with Crippen molar-refractivity contribution < 1.29 is 35.9 Å². The lowest BCUT2D eigenvalue weighted by molar-refractivity contribution is -0.343. The van der Waals surface area contributed by atoms with Crippen molar-refractivity contribution in [1.82, 2.24) is 0 Å². The second-order valence-corrected chi connectivity index (χ2v) is 3.34. The molecule has 0 aromatic heterocycles. The van der Waals surface area contributed by atoms with Crippen LogP contribution in [0.1, 0.15) is 20.3 Å². The first-order chi connectivity index (χ1) is 6.95. The Kier molecular flexibility index (Phi) is 4.24. The van der Waals surface area contributed by atoms with E-state index in [0.717, 1.165) is 0 Å². The minimum Gasteiger partial charge on any atom is -0.464 e. The van der Waals surface area contributed by atoms with Crippen molar-refractivity contribution in [2.24, 2.45) is 5.41 Å². The van der Waals surface area contributed by atoms with Crippen molar-refractivity contribution in [2.75, 3.05) is 6.61 Å². The van der Waals surface area contributed by atoms with Gasteiger partial charge in [-0.15, -0.1) is 0 Å². The highest BCUT2D eigenvalue weighted by Gasteiger charge is 2.68. The molecule has 0 fully saturated rings. The molecule has 0 atom stereocenters. The van der Waals surface area contributed by atoms with Crippen molar-refractivity contribution in [3.05, 3.63) is 0 Å². The molecule has 0 unspecified atom stereocenters. The van der Waals surface area contributed by atoms with Gasteiger partial charge in [-0.3, -0.25) is 4.79 Å². The van der Waals surface area contributed by atoms with Crippen LogP contribution in [-0.4, -0.2) is 24.9 Å². The summed E-state index contributed by atoms with van der Waals surface area (Å²) in [4.78, 5) is 10.6. The summed E-state index contributed by atoms with van der Waals surface area (Å²) < 4.78 is 77.4. The Morgan fingerprint density at radius 1 is 1.06 bits per heavy atom. The summed E-state index contributed by atoms with van der Waals surface area (Å²) in [5, 5.41) is 0. The summed E-state index contributed by atoms with van der Waals surface area (Å²) in [5.74, 6) is -1.11. The zero-order valence-electron chi connectivity index (χ0n) is 8.50. The lowest BCUT2D eigenvalue weighted by atomic mass is 9.90. The average molecular weight is 252 g/mol. The largest absolute Gasteiger partial charge is 0.464 e. The van der Waals surface area contributed by atoms with Gasteiger partial charge in [-0.05, 0) is 6.92 Å². The van der Waals surface area contributed by atoms with Gasteiger partial charge in [0.2, 0.25) is 0 Å². The van der Waals surface area contributed by atoms with E-state index in [0.29, 0.717) is 0 Å². The Balaban J connectivity index is 4.92. The van der Waals surface area contributed by atoms with E-state index in [1.54, 1.807) is 0 Å². The lowest BCUT2D eigenvalue weighted by Gasteiger charge is -2.33. The molecule has 8 heteroatoms. The maximum atomic E-state index is 12.2. The van der Waals surface area contributed by atoms with Crippen molar-refractivity contribution in [3.63, 3.8) is 0 Å². The van der Waals surface area contributed by atoms with Crippen LogP contribution in [0.25, 0.3) is 0 Å². The maximum Gasteiger partial charge on any atom is 0.406 e. The second kappa shape index (κ2) is 4.50. The van der Waals surface area contributed by atoms with E-state index in [1.807, 2.05) is 0 Å². The summed E-state index contributed by atoms with van der Waals surface area (Å²) >= 11 is 0. The molecule has 0 aliphatic carbocycles. The summed E-state index contributed by atoms with van der Waals surface area (Å²) in [6.45, 7) is -0.538. The van der Waals surface area contributed by atoms with Gasteiger partial charge >= 0.3 is 18.3 Å². The third-order valence-electron chi connectivity index (χ3n) is 2.06. The van der Waals surface area contributed by atoms with Gasteiger partial charge in [0.25, 0.3) is 0 Å². The van der Waals surface area contributed by atoms with E-state index in [-0.39, 0.29) is 13.3 Å². The summed E-state index contributed by atoms with van der Waals surface area (Å²) in [6, 6.07) is 0. The number of esters is 1. The number of carbonyl (C=O) groups is 1. The quantitative estimate of drug-likeness (QED) is 0.570. The van der Waals surface area contributed by atoms with Crippen molar-refractivity contribution >= 4 is 5.97 Å². The second-order valence-electron chi connectivity index (χ2n) is 3.34. The summed E-state index contributed by atoms with van der Waals surface area (Å²) in [7, 11) is 0. The normalized spacial score (nSPS) is 13.8. The standard InChI is InChI=1S/C8H10F6O2/c1-3-5(15)16-4-6(2,7(9,10)11)8(12,13)14/h3-4H2,1-2H3. The van der Waals surface area contributed by atoms with Gasteiger partial charge in [-0.25, -0.2) is 0 Å². The first-order valence-electron chi connectivity index (χ1n) is 4.25. The van der Waals surface area contributed by atoms with E-state index < -0.39 is 30.3 Å². The Morgan fingerprint density at radius 2 is 1.44 bits per heavy atom. The zero-order valence-corrected chi connectivity index (χ0v) is 8.50. The molecular weight excluding hydrogens is 242 g/mol. The average Bonchev–Trinajstić information content (AvgIpc) is 2.09. The van der Waals surface area contributed by atoms with Gasteiger partial charge in [-0.1, -0.05) is 6.92 Å². The maximum absolute atomic E-state index is 12.2. The van der Waals surface area contributed by atoms with E-state index >= 15 is 0 Å². The minimum atomic E-state index is -5.53. The van der Waals surface area contributed by atoms with E-state index in [9.17, 15) is 31.1 Å². The van der Waals surface area contributed by atoms with E-state index in [4.69, 9.17) is 0 Å². The van der Waals surface area contributed by atoms with Crippen molar-refractivity contribution in [2.45, 2.75) is 32.6 Å². The predicted molar refractivity (Wildman–Crippen MR) is 41.5 cm³/mol. The highest BCUT2D eigenvalue weighted by Crippen LogP contribution is 2.50. The molecular formula is C8H10F6O2. The molecule has 0 rings (SSSR count). The predicted octanol–water partition coefficient (Wildman–Crippen LogP) is 3.07. The molecule has 2 nitrogen and oxygen atoms in total. The van der Waals surface area contributed by atoms with E-state index in [2.05, 4.69) is 4.74 Å². The van der Waals surface area contributed by atoms with Gasteiger partial charge in [0, 0.05) is 6.42 Å². The SMILES string of the molecule is CCC(=O)OCC(C)(C(F)(F)F)C(F)(F)F. The van der Waals surface area contributed by atoms with Crippen LogP contribution in [0.2, 0.25) is 0 Å². The van der Waals surface area contributed by atoms with Gasteiger partial charge in [-0.2, -0.15) is 26.3 Å². The van der Waals surface area contributed by atoms with Crippen molar-refractivity contribution in [1.29, 1.82) is 0 Å². The van der Waals surface area contributed by atoms with Gasteiger partial charge in [0.1, 0.15) is 6.61 Å². The molecule has 0 aromatic carbocycles. The number of hydrogen-bond acceptors (Lipinski definition) is 2. The van der Waals surface area contributed by atoms with Crippen LogP contribution in [0.4, 0.5) is 26.3 Å². The molecule has 16 heavy (non-hydrogen) atoms. The fourth-order valence-electron chi connectivity index (χ4n) is 0.651. The fraction of sp³-hybridized carbons (Fsp3) is 0.875. The molecule has 0 radical (unpaired) electrons. The molecule has 0 heterocycles. The molecule has 0 aliphatic rings. The monoisotopic (exact) mass is 252 g/mol. The molecule has 0 N–H and O–H groups in total. The molecule has 0 saturated heterocycles. The van der Waals surface area contributed by atoms with Crippen LogP contribution in [-0.2, 0) is 9.53 Å². The first kappa shape index (κ1) is 15.0. The third-order valence-corrected chi connectivity index (χ3v) is 2.06. The molecule has 0 aliphatic heterocycles.